The fraction of sp³-hybridized carbons (Fsp3) is 0.429. The molecular formula is C21H21FN6O3. The van der Waals surface area contributed by atoms with E-state index < -0.39 is 5.82 Å². The molecule has 9 nitrogen and oxygen atoms in total. The molecule has 1 fully saturated rings. The van der Waals surface area contributed by atoms with Crippen LogP contribution in [-0.4, -0.2) is 50.3 Å². The fourth-order valence-electron chi connectivity index (χ4n) is 4.68. The SMILES string of the molecule is C[C@H]1CNC(=O)c2cnn3cc4c(nc23)N(Cc2cc(F)cnc2O1)[C@@H]1CCC[C@@H]1O4. The lowest BCUT2D eigenvalue weighted by Crippen LogP contribution is -2.47. The summed E-state index contributed by atoms with van der Waals surface area (Å²) in [4.78, 5) is 23.9. The van der Waals surface area contributed by atoms with Crippen LogP contribution in [0.3, 0.4) is 0 Å². The molecule has 1 aliphatic carbocycles. The minimum absolute atomic E-state index is 0.0191. The van der Waals surface area contributed by atoms with Gasteiger partial charge in [-0.05, 0) is 32.3 Å². The summed E-state index contributed by atoms with van der Waals surface area (Å²) < 4.78 is 27.9. The van der Waals surface area contributed by atoms with Crippen LogP contribution in [0.5, 0.6) is 11.6 Å². The van der Waals surface area contributed by atoms with E-state index in [0.717, 1.165) is 25.5 Å². The molecule has 160 valence electrons. The van der Waals surface area contributed by atoms with Crippen LogP contribution in [0.1, 0.15) is 42.1 Å². The van der Waals surface area contributed by atoms with E-state index in [0.29, 0.717) is 40.8 Å². The van der Waals surface area contributed by atoms with E-state index in [-0.39, 0.29) is 30.7 Å². The Bertz CT molecular complexity index is 1200. The van der Waals surface area contributed by atoms with Crippen LogP contribution >= 0.6 is 0 Å². The van der Waals surface area contributed by atoms with E-state index in [1.54, 1.807) is 10.7 Å². The number of aromatic nitrogens is 4. The topological polar surface area (TPSA) is 93.9 Å². The number of anilines is 1. The van der Waals surface area contributed by atoms with Gasteiger partial charge in [-0.2, -0.15) is 5.10 Å². The van der Waals surface area contributed by atoms with Crippen molar-refractivity contribution in [3.8, 4) is 11.6 Å². The van der Waals surface area contributed by atoms with Crippen LogP contribution in [0, 0.1) is 5.82 Å². The first-order valence-corrected chi connectivity index (χ1v) is 10.5. The molecule has 1 N–H and O–H groups in total. The van der Waals surface area contributed by atoms with Crippen LogP contribution in [0.4, 0.5) is 10.2 Å². The van der Waals surface area contributed by atoms with Gasteiger partial charge in [-0.15, -0.1) is 0 Å². The number of nitrogens with one attached hydrogen (secondary N) is 1. The molecule has 31 heavy (non-hydrogen) atoms. The van der Waals surface area contributed by atoms with E-state index in [1.165, 1.54) is 12.3 Å². The predicted octanol–water partition coefficient (Wildman–Crippen LogP) is 2.09. The van der Waals surface area contributed by atoms with Crippen LogP contribution < -0.4 is 19.7 Å². The molecule has 10 heteroatoms. The van der Waals surface area contributed by atoms with Crippen LogP contribution in [0.2, 0.25) is 0 Å². The molecule has 0 saturated heterocycles. The highest BCUT2D eigenvalue weighted by molar-refractivity contribution is 5.99. The second kappa shape index (κ2) is 6.79. The molecule has 0 unspecified atom stereocenters. The zero-order valence-corrected chi connectivity index (χ0v) is 16.9. The molecule has 3 aliphatic rings. The highest BCUT2D eigenvalue weighted by atomic mass is 19.1. The Morgan fingerprint density at radius 1 is 1.26 bits per heavy atom. The largest absolute Gasteiger partial charge is 0.483 e. The van der Waals surface area contributed by atoms with Crippen LogP contribution in [-0.2, 0) is 6.54 Å². The number of pyridine rings is 1. The first kappa shape index (κ1) is 18.3. The van der Waals surface area contributed by atoms with Crippen molar-refractivity contribution in [3.05, 3.63) is 41.6 Å². The number of halogens is 1. The molecule has 6 rings (SSSR count). The first-order valence-electron chi connectivity index (χ1n) is 10.5. The summed E-state index contributed by atoms with van der Waals surface area (Å²) in [5.74, 6) is 0.861. The summed E-state index contributed by atoms with van der Waals surface area (Å²) in [5, 5.41) is 7.15. The maximum absolute atomic E-state index is 14.1. The Hall–Kier alpha value is -3.43. The highest BCUT2D eigenvalue weighted by Gasteiger charge is 2.41. The number of hydrogen-bond acceptors (Lipinski definition) is 7. The number of rotatable bonds is 0. The average Bonchev–Trinajstić information content (AvgIpc) is 3.38. The fourth-order valence-corrected chi connectivity index (χ4v) is 4.68. The molecule has 3 aromatic rings. The van der Waals surface area contributed by atoms with Gasteiger partial charge in [0.2, 0.25) is 5.88 Å². The molecule has 3 aromatic heterocycles. The quantitative estimate of drug-likeness (QED) is 0.591. The van der Waals surface area contributed by atoms with Crippen molar-refractivity contribution in [3.63, 3.8) is 0 Å². The second-order valence-electron chi connectivity index (χ2n) is 8.29. The molecule has 5 heterocycles. The molecule has 0 radical (unpaired) electrons. The lowest BCUT2D eigenvalue weighted by Gasteiger charge is -2.39. The zero-order chi connectivity index (χ0) is 21.1. The Labute approximate surface area is 177 Å². The van der Waals surface area contributed by atoms with Crippen molar-refractivity contribution in [2.45, 2.75) is 51.0 Å². The van der Waals surface area contributed by atoms with Gasteiger partial charge in [0.05, 0.1) is 37.7 Å². The third-order valence-corrected chi connectivity index (χ3v) is 6.15. The third kappa shape index (κ3) is 2.96. The smallest absolute Gasteiger partial charge is 0.256 e. The van der Waals surface area contributed by atoms with Gasteiger partial charge in [-0.1, -0.05) is 0 Å². The minimum Gasteiger partial charge on any atom is -0.483 e. The molecule has 1 amide bonds. The molecule has 2 aliphatic heterocycles. The van der Waals surface area contributed by atoms with Crippen LogP contribution in [0.15, 0.2) is 24.7 Å². The van der Waals surface area contributed by atoms with Crippen molar-refractivity contribution in [1.82, 2.24) is 24.9 Å². The summed E-state index contributed by atoms with van der Waals surface area (Å²) in [5.41, 5.74) is 1.46. The molecule has 0 spiro atoms. The summed E-state index contributed by atoms with van der Waals surface area (Å²) in [7, 11) is 0. The Kier molecular flexibility index (Phi) is 4.02. The van der Waals surface area contributed by atoms with Gasteiger partial charge in [0, 0.05) is 5.56 Å². The summed E-state index contributed by atoms with van der Waals surface area (Å²) in [6.45, 7) is 2.47. The Balaban J connectivity index is 1.56. The van der Waals surface area contributed by atoms with Crippen LogP contribution in [0.25, 0.3) is 5.65 Å². The number of carbonyl (C=O) groups excluding carboxylic acids is 1. The van der Waals surface area contributed by atoms with E-state index in [4.69, 9.17) is 14.5 Å². The van der Waals surface area contributed by atoms with Gasteiger partial charge in [0.15, 0.2) is 17.2 Å². The van der Waals surface area contributed by atoms with Gasteiger partial charge < -0.3 is 19.7 Å². The second-order valence-corrected chi connectivity index (χ2v) is 8.29. The van der Waals surface area contributed by atoms with Crippen molar-refractivity contribution in [1.29, 1.82) is 0 Å². The number of fused-ring (bicyclic) bond motifs is 3. The van der Waals surface area contributed by atoms with E-state index in [1.807, 2.05) is 6.92 Å². The molecule has 0 aromatic carbocycles. The van der Waals surface area contributed by atoms with Gasteiger partial charge in [-0.25, -0.2) is 18.9 Å². The Morgan fingerprint density at radius 3 is 3.06 bits per heavy atom. The van der Waals surface area contributed by atoms with Gasteiger partial charge >= 0.3 is 0 Å². The highest BCUT2D eigenvalue weighted by Crippen LogP contribution is 2.42. The van der Waals surface area contributed by atoms with Crippen molar-refractivity contribution < 1.29 is 18.7 Å². The standard InChI is InChI=1S/C21H21FN6O3/c1-11-6-23-20(29)14-8-25-28-10-17-19(26-18(14)28)27(15-3-2-4-16(15)31-17)9-12-5-13(22)7-24-21(12)30-11/h5,7-8,10-11,15-16H,2-4,6,9H2,1H3,(H,23,29)/t11-,15+,16-/m0/s1. The van der Waals surface area contributed by atoms with Gasteiger partial charge in [-0.3, -0.25) is 4.79 Å². The number of ether oxygens (including phenoxy) is 2. The normalized spacial score (nSPS) is 24.9. The van der Waals surface area contributed by atoms with Crippen molar-refractivity contribution in [2.75, 3.05) is 11.4 Å². The number of hydrogen-bond donors (Lipinski definition) is 1. The molecule has 2 bridgehead atoms. The number of nitrogens with zero attached hydrogens (tertiary/aromatic N) is 5. The number of carbonyl (C=O) groups is 1. The van der Waals surface area contributed by atoms with E-state index >= 15 is 0 Å². The van der Waals surface area contributed by atoms with Crippen molar-refractivity contribution in [2.24, 2.45) is 0 Å². The average molecular weight is 424 g/mol. The summed E-state index contributed by atoms with van der Waals surface area (Å²) in [6, 6.07) is 1.55. The maximum Gasteiger partial charge on any atom is 0.256 e. The summed E-state index contributed by atoms with van der Waals surface area (Å²) in [6.07, 6.45) is 6.99. The van der Waals surface area contributed by atoms with Gasteiger partial charge in [0.1, 0.15) is 23.6 Å². The zero-order valence-electron chi connectivity index (χ0n) is 16.9. The van der Waals surface area contributed by atoms with E-state index in [2.05, 4.69) is 20.3 Å². The monoisotopic (exact) mass is 424 g/mol. The molecule has 3 atom stereocenters. The van der Waals surface area contributed by atoms with Gasteiger partial charge in [0.25, 0.3) is 5.91 Å². The lowest BCUT2D eigenvalue weighted by molar-refractivity contribution is 0.0932. The van der Waals surface area contributed by atoms with Crippen molar-refractivity contribution >= 4 is 17.4 Å². The predicted molar refractivity (Wildman–Crippen MR) is 108 cm³/mol. The number of amides is 1. The molecular weight excluding hydrogens is 403 g/mol. The summed E-state index contributed by atoms with van der Waals surface area (Å²) >= 11 is 0. The minimum atomic E-state index is -0.425. The van der Waals surface area contributed by atoms with E-state index in [9.17, 15) is 9.18 Å². The lowest BCUT2D eigenvalue weighted by atomic mass is 10.1. The maximum atomic E-state index is 14.1. The third-order valence-electron chi connectivity index (χ3n) is 6.15. The first-order chi connectivity index (χ1) is 15.1. The molecule has 1 saturated carbocycles. The Morgan fingerprint density at radius 2 is 2.16 bits per heavy atom.